The molecule has 2 aromatic rings. The van der Waals surface area contributed by atoms with E-state index in [0.29, 0.717) is 5.69 Å². The van der Waals surface area contributed by atoms with Crippen LogP contribution in [0.3, 0.4) is 0 Å². The molecule has 1 atom stereocenters. The number of anilines is 1. The molecular formula is C15H16N2O2. The van der Waals surface area contributed by atoms with Crippen molar-refractivity contribution in [1.82, 2.24) is 0 Å². The second-order valence-electron chi connectivity index (χ2n) is 4.42. The summed E-state index contributed by atoms with van der Waals surface area (Å²) in [5, 5.41) is 11.9. The standard InChI is InChI=1S/C15H16N2O2/c1-10-2-4-11(5-3-10)14(16)15(19)17-12-6-8-13(18)9-7-12/h2-9,14,18H,16H2,1H3,(H,17,19). The first-order valence-electron chi connectivity index (χ1n) is 5.98. The molecule has 0 heterocycles. The van der Waals surface area contributed by atoms with Crippen LogP contribution in [0.4, 0.5) is 5.69 Å². The minimum absolute atomic E-state index is 0.154. The van der Waals surface area contributed by atoms with Gasteiger partial charge in [-0.15, -0.1) is 0 Å². The number of phenolic OH excluding ortho intramolecular Hbond substituents is 1. The van der Waals surface area contributed by atoms with Crippen LogP contribution in [0.5, 0.6) is 5.75 Å². The molecule has 4 nitrogen and oxygen atoms in total. The molecule has 0 aliphatic carbocycles. The van der Waals surface area contributed by atoms with Gasteiger partial charge in [-0.1, -0.05) is 29.8 Å². The molecule has 0 aromatic heterocycles. The molecule has 0 fully saturated rings. The van der Waals surface area contributed by atoms with Gasteiger partial charge in [0, 0.05) is 5.69 Å². The predicted octanol–water partition coefficient (Wildman–Crippen LogP) is 2.34. The maximum absolute atomic E-state index is 12.0. The quantitative estimate of drug-likeness (QED) is 0.738. The molecule has 1 amide bonds. The zero-order chi connectivity index (χ0) is 13.8. The summed E-state index contributed by atoms with van der Waals surface area (Å²) in [7, 11) is 0. The van der Waals surface area contributed by atoms with Crippen molar-refractivity contribution in [3.8, 4) is 5.75 Å². The van der Waals surface area contributed by atoms with E-state index in [0.717, 1.165) is 11.1 Å². The lowest BCUT2D eigenvalue weighted by Crippen LogP contribution is -2.27. The molecule has 0 radical (unpaired) electrons. The molecule has 1 unspecified atom stereocenters. The fourth-order valence-corrected chi connectivity index (χ4v) is 1.69. The highest BCUT2D eigenvalue weighted by atomic mass is 16.3. The summed E-state index contributed by atoms with van der Waals surface area (Å²) in [5.41, 5.74) is 8.39. The number of aromatic hydroxyl groups is 1. The van der Waals surface area contributed by atoms with Gasteiger partial charge in [-0.05, 0) is 36.8 Å². The molecule has 19 heavy (non-hydrogen) atoms. The van der Waals surface area contributed by atoms with Crippen molar-refractivity contribution >= 4 is 11.6 Å². The highest BCUT2D eigenvalue weighted by Gasteiger charge is 2.15. The summed E-state index contributed by atoms with van der Waals surface area (Å²) in [6.07, 6.45) is 0. The average Bonchev–Trinajstić information content (AvgIpc) is 2.41. The van der Waals surface area contributed by atoms with Gasteiger partial charge in [-0.2, -0.15) is 0 Å². The first kappa shape index (κ1) is 13.1. The summed E-state index contributed by atoms with van der Waals surface area (Å²) < 4.78 is 0. The van der Waals surface area contributed by atoms with Crippen LogP contribution in [0.25, 0.3) is 0 Å². The third kappa shape index (κ3) is 3.33. The number of hydrogen-bond donors (Lipinski definition) is 3. The molecular weight excluding hydrogens is 240 g/mol. The van der Waals surface area contributed by atoms with Gasteiger partial charge in [0.05, 0.1) is 0 Å². The lowest BCUT2D eigenvalue weighted by molar-refractivity contribution is -0.117. The van der Waals surface area contributed by atoms with Crippen LogP contribution in [-0.2, 0) is 4.79 Å². The molecule has 0 saturated carbocycles. The monoisotopic (exact) mass is 256 g/mol. The van der Waals surface area contributed by atoms with Gasteiger partial charge in [0.25, 0.3) is 0 Å². The number of nitrogens with two attached hydrogens (primary N) is 1. The first-order valence-corrected chi connectivity index (χ1v) is 5.98. The minimum atomic E-state index is -0.714. The lowest BCUT2D eigenvalue weighted by Gasteiger charge is -2.13. The molecule has 0 aliphatic heterocycles. The van der Waals surface area contributed by atoms with Crippen LogP contribution in [0, 0.1) is 6.92 Å². The Morgan fingerprint density at radius 2 is 1.68 bits per heavy atom. The maximum atomic E-state index is 12.0. The zero-order valence-corrected chi connectivity index (χ0v) is 10.6. The molecule has 98 valence electrons. The minimum Gasteiger partial charge on any atom is -0.508 e. The predicted molar refractivity (Wildman–Crippen MR) is 74.8 cm³/mol. The Morgan fingerprint density at radius 3 is 2.26 bits per heavy atom. The fraction of sp³-hybridized carbons (Fsp3) is 0.133. The van der Waals surface area contributed by atoms with Crippen molar-refractivity contribution < 1.29 is 9.90 Å². The number of rotatable bonds is 3. The Labute approximate surface area is 111 Å². The Kier molecular flexibility index (Phi) is 3.82. The Balaban J connectivity index is 2.07. The summed E-state index contributed by atoms with van der Waals surface area (Å²) in [4.78, 5) is 12.0. The first-order chi connectivity index (χ1) is 9.06. The van der Waals surface area contributed by atoms with Crippen LogP contribution in [-0.4, -0.2) is 11.0 Å². The fourth-order valence-electron chi connectivity index (χ4n) is 1.69. The molecule has 0 saturated heterocycles. The maximum Gasteiger partial charge on any atom is 0.245 e. The van der Waals surface area contributed by atoms with Gasteiger partial charge < -0.3 is 16.2 Å². The normalized spacial score (nSPS) is 11.9. The third-order valence-corrected chi connectivity index (χ3v) is 2.85. The van der Waals surface area contributed by atoms with E-state index < -0.39 is 6.04 Å². The van der Waals surface area contributed by atoms with Gasteiger partial charge in [-0.25, -0.2) is 0 Å². The van der Waals surface area contributed by atoms with Gasteiger partial charge >= 0.3 is 0 Å². The smallest absolute Gasteiger partial charge is 0.245 e. The highest BCUT2D eigenvalue weighted by Crippen LogP contribution is 2.17. The average molecular weight is 256 g/mol. The van der Waals surface area contributed by atoms with Gasteiger partial charge in [-0.3, -0.25) is 4.79 Å². The topological polar surface area (TPSA) is 75.4 Å². The molecule has 4 N–H and O–H groups in total. The summed E-state index contributed by atoms with van der Waals surface area (Å²) >= 11 is 0. The summed E-state index contributed by atoms with van der Waals surface area (Å²) in [6, 6.07) is 13.1. The number of phenols is 1. The molecule has 4 heteroatoms. The highest BCUT2D eigenvalue weighted by molar-refractivity contribution is 5.95. The van der Waals surface area contributed by atoms with E-state index in [-0.39, 0.29) is 11.7 Å². The van der Waals surface area contributed by atoms with Crippen LogP contribution >= 0.6 is 0 Å². The van der Waals surface area contributed by atoms with E-state index in [9.17, 15) is 4.79 Å². The number of benzene rings is 2. The van der Waals surface area contributed by atoms with Crippen molar-refractivity contribution in [3.05, 3.63) is 59.7 Å². The van der Waals surface area contributed by atoms with E-state index in [1.807, 2.05) is 31.2 Å². The van der Waals surface area contributed by atoms with E-state index in [4.69, 9.17) is 10.8 Å². The van der Waals surface area contributed by atoms with Crippen molar-refractivity contribution in [2.75, 3.05) is 5.32 Å². The van der Waals surface area contributed by atoms with E-state index in [1.165, 1.54) is 12.1 Å². The SMILES string of the molecule is Cc1ccc(C(N)C(=O)Nc2ccc(O)cc2)cc1. The molecule has 0 spiro atoms. The Bertz CT molecular complexity index is 562. The number of carbonyl (C=O) groups excluding carboxylic acids is 1. The van der Waals surface area contributed by atoms with Gasteiger partial charge in [0.1, 0.15) is 11.8 Å². The summed E-state index contributed by atoms with van der Waals surface area (Å²) in [5.74, 6) is -0.129. The number of hydrogen-bond acceptors (Lipinski definition) is 3. The number of nitrogens with one attached hydrogen (secondary N) is 1. The van der Waals surface area contributed by atoms with Gasteiger partial charge in [0.15, 0.2) is 0 Å². The number of aryl methyl sites for hydroxylation is 1. The van der Waals surface area contributed by atoms with E-state index in [1.54, 1.807) is 12.1 Å². The number of amides is 1. The molecule has 2 aromatic carbocycles. The molecule has 0 bridgehead atoms. The van der Waals surface area contributed by atoms with Crippen LogP contribution in [0.15, 0.2) is 48.5 Å². The lowest BCUT2D eigenvalue weighted by atomic mass is 10.1. The van der Waals surface area contributed by atoms with Crippen molar-refractivity contribution in [2.45, 2.75) is 13.0 Å². The zero-order valence-electron chi connectivity index (χ0n) is 10.6. The number of carbonyl (C=O) groups is 1. The van der Waals surface area contributed by atoms with E-state index >= 15 is 0 Å². The molecule has 0 aliphatic rings. The van der Waals surface area contributed by atoms with Crippen molar-refractivity contribution in [2.24, 2.45) is 5.73 Å². The second kappa shape index (κ2) is 5.54. The Hall–Kier alpha value is -2.33. The second-order valence-corrected chi connectivity index (χ2v) is 4.42. The van der Waals surface area contributed by atoms with E-state index in [2.05, 4.69) is 5.32 Å². The van der Waals surface area contributed by atoms with Crippen LogP contribution in [0.1, 0.15) is 17.2 Å². The van der Waals surface area contributed by atoms with Crippen molar-refractivity contribution in [3.63, 3.8) is 0 Å². The van der Waals surface area contributed by atoms with Crippen LogP contribution in [0.2, 0.25) is 0 Å². The molecule has 2 rings (SSSR count). The van der Waals surface area contributed by atoms with Crippen molar-refractivity contribution in [1.29, 1.82) is 0 Å². The Morgan fingerprint density at radius 1 is 1.11 bits per heavy atom. The van der Waals surface area contributed by atoms with Gasteiger partial charge in [0.2, 0.25) is 5.91 Å². The summed E-state index contributed by atoms with van der Waals surface area (Å²) in [6.45, 7) is 1.98. The van der Waals surface area contributed by atoms with Crippen LogP contribution < -0.4 is 11.1 Å². The third-order valence-electron chi connectivity index (χ3n) is 2.85. The largest absolute Gasteiger partial charge is 0.508 e.